The molecule has 0 unspecified atom stereocenters. The number of methoxy groups -OCH3 is 1. The van der Waals surface area contributed by atoms with E-state index in [1.807, 2.05) is 0 Å². The van der Waals surface area contributed by atoms with Gasteiger partial charge < -0.3 is 14.7 Å². The van der Waals surface area contributed by atoms with Crippen molar-refractivity contribution in [3.05, 3.63) is 33.9 Å². The second kappa shape index (κ2) is 5.67. The van der Waals surface area contributed by atoms with Crippen molar-refractivity contribution < 1.29 is 14.6 Å². The van der Waals surface area contributed by atoms with Crippen LogP contribution in [-0.4, -0.2) is 61.9 Å². The molecule has 3 heterocycles. The lowest BCUT2D eigenvalue weighted by Gasteiger charge is -2.42. The highest BCUT2D eigenvalue weighted by molar-refractivity contribution is 5.95. The van der Waals surface area contributed by atoms with Crippen LogP contribution in [0, 0.1) is 6.92 Å². The number of H-pyrrole nitrogens is 1. The summed E-state index contributed by atoms with van der Waals surface area (Å²) < 4.78 is 7.33. The molecule has 3 atom stereocenters. The summed E-state index contributed by atoms with van der Waals surface area (Å²) in [6, 6.07) is 1.25. The molecule has 1 aliphatic heterocycles. The average molecular weight is 346 g/mol. The number of carbonyl (C=O) groups excluding carboxylic acids is 1. The summed E-state index contributed by atoms with van der Waals surface area (Å²) in [5, 5.41) is 12.7. The van der Waals surface area contributed by atoms with Crippen molar-refractivity contribution in [2.45, 2.75) is 50.4 Å². The number of aromatic amines is 1. The average Bonchev–Trinajstić information content (AvgIpc) is 3.15. The highest BCUT2D eigenvalue weighted by Gasteiger charge is 2.52. The molecule has 0 aromatic carbocycles. The van der Waals surface area contributed by atoms with Gasteiger partial charge in [0.25, 0.3) is 11.5 Å². The van der Waals surface area contributed by atoms with Crippen LogP contribution in [0.3, 0.4) is 0 Å². The minimum Gasteiger partial charge on any atom is -0.393 e. The van der Waals surface area contributed by atoms with E-state index in [1.165, 1.54) is 16.8 Å². The number of aliphatic hydroxyl groups is 1. The molecule has 2 aliphatic rings. The fraction of sp³-hybridized carbons (Fsp3) is 0.588. The maximum atomic E-state index is 13.2. The maximum Gasteiger partial charge on any atom is 0.266 e. The van der Waals surface area contributed by atoms with Gasteiger partial charge in [-0.05, 0) is 32.6 Å². The number of hydrogen-bond acceptors (Lipinski definition) is 5. The molecule has 1 aliphatic carbocycles. The minimum absolute atomic E-state index is 0.139. The first-order valence-corrected chi connectivity index (χ1v) is 8.57. The molecule has 0 spiro atoms. The van der Waals surface area contributed by atoms with Gasteiger partial charge in [-0.1, -0.05) is 0 Å². The van der Waals surface area contributed by atoms with E-state index in [0.717, 1.165) is 12.8 Å². The van der Waals surface area contributed by atoms with Crippen molar-refractivity contribution in [2.75, 3.05) is 13.7 Å². The van der Waals surface area contributed by atoms with Crippen LogP contribution >= 0.6 is 0 Å². The van der Waals surface area contributed by atoms with Crippen molar-refractivity contribution in [1.82, 2.24) is 19.5 Å². The number of rotatable bonds is 2. The molecule has 8 heteroatoms. The summed E-state index contributed by atoms with van der Waals surface area (Å²) in [7, 11) is 1.68. The van der Waals surface area contributed by atoms with Crippen LogP contribution in [0.4, 0.5) is 0 Å². The van der Waals surface area contributed by atoms with Gasteiger partial charge in [0.15, 0.2) is 5.65 Å². The third-order valence-corrected chi connectivity index (χ3v) is 5.82. The standard InChI is InChI=1S/C17H22N4O4/c1-10-12(9-18-14-8-15(23)19-21(10)14)16(24)20-6-5-17(25-2)4-3-11(22)7-13(17)20/h8-9,11,13,22H,3-7H2,1-2H3,(H,19,23)/t11-,13-,17+/m0/s1. The van der Waals surface area contributed by atoms with Crippen LogP contribution in [0.2, 0.25) is 0 Å². The van der Waals surface area contributed by atoms with Crippen LogP contribution < -0.4 is 5.56 Å². The van der Waals surface area contributed by atoms with Crippen LogP contribution in [-0.2, 0) is 4.74 Å². The van der Waals surface area contributed by atoms with Gasteiger partial charge in [0, 0.05) is 25.9 Å². The van der Waals surface area contributed by atoms with Crippen LogP contribution in [0.1, 0.15) is 41.7 Å². The molecule has 0 radical (unpaired) electrons. The van der Waals surface area contributed by atoms with E-state index in [0.29, 0.717) is 36.3 Å². The maximum absolute atomic E-state index is 13.2. The lowest BCUT2D eigenvalue weighted by atomic mass is 9.79. The van der Waals surface area contributed by atoms with E-state index in [2.05, 4.69) is 10.1 Å². The molecule has 1 amide bonds. The molecular weight excluding hydrogens is 324 g/mol. The zero-order valence-electron chi connectivity index (χ0n) is 14.4. The summed E-state index contributed by atoms with van der Waals surface area (Å²) in [4.78, 5) is 30.7. The first-order valence-electron chi connectivity index (χ1n) is 8.57. The lowest BCUT2D eigenvalue weighted by Crippen LogP contribution is -2.52. The second-order valence-electron chi connectivity index (χ2n) is 7.03. The number of fused-ring (bicyclic) bond motifs is 2. The fourth-order valence-electron chi connectivity index (χ4n) is 4.36. The molecule has 8 nitrogen and oxygen atoms in total. The van der Waals surface area contributed by atoms with Crippen molar-refractivity contribution in [3.63, 3.8) is 0 Å². The number of aromatic nitrogens is 3. The van der Waals surface area contributed by atoms with Crippen LogP contribution in [0.15, 0.2) is 17.1 Å². The van der Waals surface area contributed by atoms with E-state index in [9.17, 15) is 14.7 Å². The lowest BCUT2D eigenvalue weighted by molar-refractivity contribution is -0.0824. The summed E-state index contributed by atoms with van der Waals surface area (Å²) >= 11 is 0. The van der Waals surface area contributed by atoms with E-state index in [4.69, 9.17) is 4.74 Å². The van der Waals surface area contributed by atoms with E-state index < -0.39 is 6.10 Å². The predicted octanol–water partition coefficient (Wildman–Crippen LogP) is 0.476. The van der Waals surface area contributed by atoms with Gasteiger partial charge in [0.1, 0.15) is 0 Å². The molecule has 134 valence electrons. The molecular formula is C17H22N4O4. The highest BCUT2D eigenvalue weighted by Crippen LogP contribution is 2.43. The van der Waals surface area contributed by atoms with Gasteiger partial charge in [0.2, 0.25) is 0 Å². The molecule has 1 saturated carbocycles. The number of aliphatic hydroxyl groups excluding tert-OH is 1. The smallest absolute Gasteiger partial charge is 0.266 e. The predicted molar refractivity (Wildman–Crippen MR) is 89.6 cm³/mol. The van der Waals surface area contributed by atoms with Crippen LogP contribution in [0.25, 0.3) is 5.65 Å². The van der Waals surface area contributed by atoms with Gasteiger partial charge in [-0.25, -0.2) is 9.50 Å². The normalized spacial score (nSPS) is 29.2. The van der Waals surface area contributed by atoms with Crippen molar-refractivity contribution in [3.8, 4) is 0 Å². The summed E-state index contributed by atoms with van der Waals surface area (Å²) in [6.45, 7) is 2.37. The third-order valence-electron chi connectivity index (χ3n) is 5.82. The molecule has 0 bridgehead atoms. The zero-order chi connectivity index (χ0) is 17.8. The van der Waals surface area contributed by atoms with Crippen molar-refractivity contribution >= 4 is 11.6 Å². The number of carbonyl (C=O) groups is 1. The number of amides is 1. The van der Waals surface area contributed by atoms with E-state index >= 15 is 0 Å². The highest BCUT2D eigenvalue weighted by atomic mass is 16.5. The second-order valence-corrected chi connectivity index (χ2v) is 7.03. The number of likely N-dealkylation sites (tertiary alicyclic amines) is 1. The number of aryl methyl sites for hydroxylation is 1. The Kier molecular flexibility index (Phi) is 3.69. The quantitative estimate of drug-likeness (QED) is 0.824. The Bertz CT molecular complexity index is 888. The number of ether oxygens (including phenoxy) is 1. The monoisotopic (exact) mass is 346 g/mol. The van der Waals surface area contributed by atoms with Crippen LogP contribution in [0.5, 0.6) is 0 Å². The Labute approximate surface area is 144 Å². The first-order chi connectivity index (χ1) is 11.9. The van der Waals surface area contributed by atoms with E-state index in [1.54, 1.807) is 18.9 Å². The Balaban J connectivity index is 1.71. The summed E-state index contributed by atoms with van der Waals surface area (Å²) in [5.74, 6) is -0.139. The molecule has 4 rings (SSSR count). The Hall–Kier alpha value is -2.19. The fourth-order valence-corrected chi connectivity index (χ4v) is 4.36. The number of hydrogen-bond donors (Lipinski definition) is 2. The SMILES string of the molecule is CO[C@@]12CC[C@H](O)C[C@@H]1N(C(=O)c1cnc3cc(=O)[nH]n3c1C)CC2. The zero-order valence-corrected chi connectivity index (χ0v) is 14.4. The number of nitrogens with one attached hydrogen (secondary N) is 1. The van der Waals surface area contributed by atoms with Crippen molar-refractivity contribution in [2.24, 2.45) is 0 Å². The summed E-state index contributed by atoms with van der Waals surface area (Å²) in [5.41, 5.74) is 0.951. The Morgan fingerprint density at radius 2 is 2.28 bits per heavy atom. The minimum atomic E-state index is -0.413. The van der Waals surface area contributed by atoms with Crippen molar-refractivity contribution in [1.29, 1.82) is 0 Å². The molecule has 2 aromatic heterocycles. The Morgan fingerprint density at radius 1 is 1.48 bits per heavy atom. The molecule has 25 heavy (non-hydrogen) atoms. The first kappa shape index (κ1) is 16.3. The van der Waals surface area contributed by atoms with Gasteiger partial charge in [0.05, 0.1) is 29.0 Å². The van der Waals surface area contributed by atoms with Gasteiger partial charge in [-0.3, -0.25) is 14.7 Å². The third kappa shape index (κ3) is 2.39. The largest absolute Gasteiger partial charge is 0.393 e. The molecule has 1 saturated heterocycles. The van der Waals surface area contributed by atoms with E-state index in [-0.39, 0.29) is 23.1 Å². The summed E-state index contributed by atoms with van der Waals surface area (Å²) in [6.07, 6.45) is 3.84. The van der Waals surface area contributed by atoms with Gasteiger partial charge in [-0.15, -0.1) is 0 Å². The molecule has 2 N–H and O–H groups in total. The molecule has 2 aromatic rings. The Morgan fingerprint density at radius 3 is 3.04 bits per heavy atom. The van der Waals surface area contributed by atoms with Gasteiger partial charge >= 0.3 is 0 Å². The topological polar surface area (TPSA) is 99.9 Å². The number of nitrogens with zero attached hydrogens (tertiary/aromatic N) is 3. The van der Waals surface area contributed by atoms with Gasteiger partial charge in [-0.2, -0.15) is 0 Å². The molecule has 2 fully saturated rings.